The van der Waals surface area contributed by atoms with Gasteiger partial charge in [0.05, 0.1) is 0 Å². The summed E-state index contributed by atoms with van der Waals surface area (Å²) in [5, 5.41) is 9.88. The second-order valence-electron chi connectivity index (χ2n) is 3.27. The van der Waals surface area contributed by atoms with Crippen molar-refractivity contribution in [3.05, 3.63) is 5.01 Å². The zero-order valence-corrected chi connectivity index (χ0v) is 8.35. The first-order valence-electron chi connectivity index (χ1n) is 4.45. The minimum absolute atomic E-state index is 0.620. The van der Waals surface area contributed by atoms with Gasteiger partial charge in [0.2, 0.25) is 5.13 Å². The van der Waals surface area contributed by atoms with E-state index in [9.17, 15) is 4.39 Å². The van der Waals surface area contributed by atoms with Gasteiger partial charge in [-0.1, -0.05) is 11.3 Å². The number of piperidine rings is 1. The van der Waals surface area contributed by atoms with Crippen LogP contribution in [0, 0.1) is 6.92 Å². The fraction of sp³-hybridized carbons (Fsp3) is 0.750. The zero-order valence-electron chi connectivity index (χ0n) is 7.53. The molecule has 1 aromatic rings. The minimum Gasteiger partial charge on any atom is -0.346 e. The van der Waals surface area contributed by atoms with Crippen molar-refractivity contribution >= 4 is 16.5 Å². The Morgan fingerprint density at radius 3 is 2.62 bits per heavy atom. The van der Waals surface area contributed by atoms with Gasteiger partial charge in [0.25, 0.3) is 0 Å². The summed E-state index contributed by atoms with van der Waals surface area (Å²) in [6.45, 7) is 3.48. The highest BCUT2D eigenvalue weighted by Gasteiger charge is 2.20. The predicted octanol–water partition coefficient (Wildman–Crippen LogP) is 1.78. The normalized spacial score (nSPS) is 19.4. The average Bonchev–Trinajstić information content (AvgIpc) is 2.53. The topological polar surface area (TPSA) is 29.0 Å². The predicted molar refractivity (Wildman–Crippen MR) is 51.0 cm³/mol. The van der Waals surface area contributed by atoms with E-state index < -0.39 is 6.17 Å². The fourth-order valence-corrected chi connectivity index (χ4v) is 2.19. The van der Waals surface area contributed by atoms with E-state index in [2.05, 4.69) is 15.1 Å². The van der Waals surface area contributed by atoms with Crippen LogP contribution in [-0.2, 0) is 0 Å². The van der Waals surface area contributed by atoms with E-state index in [1.807, 2.05) is 6.92 Å². The van der Waals surface area contributed by atoms with Crippen molar-refractivity contribution in [3.8, 4) is 0 Å². The Bertz CT molecular complexity index is 281. The summed E-state index contributed by atoms with van der Waals surface area (Å²) in [6.07, 6.45) is 0.627. The molecule has 2 rings (SSSR count). The smallest absolute Gasteiger partial charge is 0.208 e. The van der Waals surface area contributed by atoms with E-state index in [1.165, 1.54) is 0 Å². The molecule has 3 nitrogen and oxygen atoms in total. The second kappa shape index (κ2) is 3.57. The van der Waals surface area contributed by atoms with Crippen LogP contribution in [0.4, 0.5) is 9.52 Å². The quantitative estimate of drug-likeness (QED) is 0.693. The van der Waals surface area contributed by atoms with Crippen LogP contribution >= 0.6 is 11.3 Å². The van der Waals surface area contributed by atoms with Crippen LogP contribution in [0.5, 0.6) is 0 Å². The first-order chi connectivity index (χ1) is 6.25. The van der Waals surface area contributed by atoms with Crippen molar-refractivity contribution in [2.45, 2.75) is 25.9 Å². The van der Waals surface area contributed by atoms with Crippen LogP contribution in [0.3, 0.4) is 0 Å². The lowest BCUT2D eigenvalue weighted by molar-refractivity contribution is 0.277. The van der Waals surface area contributed by atoms with Gasteiger partial charge < -0.3 is 4.90 Å². The van der Waals surface area contributed by atoms with Crippen molar-refractivity contribution in [2.75, 3.05) is 18.0 Å². The van der Waals surface area contributed by atoms with E-state index in [0.29, 0.717) is 12.8 Å². The van der Waals surface area contributed by atoms with Gasteiger partial charge in [-0.15, -0.1) is 10.2 Å². The summed E-state index contributed by atoms with van der Waals surface area (Å²) >= 11 is 1.58. The monoisotopic (exact) mass is 201 g/mol. The maximum Gasteiger partial charge on any atom is 0.208 e. The van der Waals surface area contributed by atoms with Crippen molar-refractivity contribution < 1.29 is 4.39 Å². The van der Waals surface area contributed by atoms with Gasteiger partial charge in [0.15, 0.2) is 0 Å². The van der Waals surface area contributed by atoms with Crippen molar-refractivity contribution in [1.82, 2.24) is 10.2 Å². The summed E-state index contributed by atoms with van der Waals surface area (Å²) in [5.74, 6) is 0. The molecule has 0 unspecified atom stereocenters. The van der Waals surface area contributed by atoms with E-state index in [-0.39, 0.29) is 0 Å². The van der Waals surface area contributed by atoms with Gasteiger partial charge >= 0.3 is 0 Å². The molecule has 0 radical (unpaired) electrons. The molecule has 1 aromatic heterocycles. The van der Waals surface area contributed by atoms with Crippen molar-refractivity contribution in [2.24, 2.45) is 0 Å². The molecule has 0 atom stereocenters. The maximum absolute atomic E-state index is 12.8. The largest absolute Gasteiger partial charge is 0.346 e. The number of halogens is 1. The molecule has 0 saturated carbocycles. The molecule has 0 aromatic carbocycles. The highest BCUT2D eigenvalue weighted by Crippen LogP contribution is 2.23. The molecule has 72 valence electrons. The molecular weight excluding hydrogens is 189 g/mol. The van der Waals surface area contributed by atoms with E-state index in [4.69, 9.17) is 0 Å². The third-order valence-corrected chi connectivity index (χ3v) is 3.11. The summed E-state index contributed by atoms with van der Waals surface area (Å²) < 4.78 is 12.8. The third kappa shape index (κ3) is 1.96. The Labute approximate surface area is 80.6 Å². The standard InChI is InChI=1S/C8H12FN3S/c1-6-10-11-8(13-6)12-4-2-7(9)3-5-12/h7H,2-5H2,1H3. The number of nitrogens with zero attached hydrogens (tertiary/aromatic N) is 3. The molecule has 2 heterocycles. The summed E-state index contributed by atoms with van der Waals surface area (Å²) in [6, 6.07) is 0. The Morgan fingerprint density at radius 2 is 2.08 bits per heavy atom. The molecule has 13 heavy (non-hydrogen) atoms. The van der Waals surface area contributed by atoms with Gasteiger partial charge in [-0.25, -0.2) is 4.39 Å². The lowest BCUT2D eigenvalue weighted by Gasteiger charge is -2.27. The zero-order chi connectivity index (χ0) is 9.26. The van der Waals surface area contributed by atoms with Gasteiger partial charge in [-0.3, -0.25) is 0 Å². The molecule has 1 saturated heterocycles. The molecule has 1 aliphatic heterocycles. The second-order valence-corrected chi connectivity index (χ2v) is 4.43. The molecule has 5 heteroatoms. The number of aryl methyl sites for hydroxylation is 1. The van der Waals surface area contributed by atoms with Gasteiger partial charge in [0, 0.05) is 13.1 Å². The van der Waals surface area contributed by atoms with Gasteiger partial charge in [0.1, 0.15) is 11.2 Å². The first kappa shape index (κ1) is 8.87. The molecule has 0 aliphatic carbocycles. The third-order valence-electron chi connectivity index (χ3n) is 2.21. The Hall–Kier alpha value is -0.710. The molecule has 1 fully saturated rings. The van der Waals surface area contributed by atoms with E-state index >= 15 is 0 Å². The lowest BCUT2D eigenvalue weighted by atomic mass is 10.1. The van der Waals surface area contributed by atoms with Crippen molar-refractivity contribution in [3.63, 3.8) is 0 Å². The minimum atomic E-state index is -0.620. The number of hydrogen-bond acceptors (Lipinski definition) is 4. The van der Waals surface area contributed by atoms with E-state index in [0.717, 1.165) is 23.2 Å². The summed E-state index contributed by atoms with van der Waals surface area (Å²) in [7, 11) is 0. The van der Waals surface area contributed by atoms with Gasteiger partial charge in [-0.05, 0) is 19.8 Å². The summed E-state index contributed by atoms with van der Waals surface area (Å²) in [5.41, 5.74) is 0. The number of aromatic nitrogens is 2. The maximum atomic E-state index is 12.8. The number of hydrogen-bond donors (Lipinski definition) is 0. The molecule has 0 spiro atoms. The first-order valence-corrected chi connectivity index (χ1v) is 5.26. The molecule has 0 bridgehead atoms. The van der Waals surface area contributed by atoms with Crippen LogP contribution in [0.15, 0.2) is 0 Å². The Kier molecular flexibility index (Phi) is 2.44. The lowest BCUT2D eigenvalue weighted by Crippen LogP contribution is -2.34. The van der Waals surface area contributed by atoms with Crippen LogP contribution in [0.2, 0.25) is 0 Å². The van der Waals surface area contributed by atoms with Gasteiger partial charge in [-0.2, -0.15) is 0 Å². The van der Waals surface area contributed by atoms with Crippen LogP contribution in [0.1, 0.15) is 17.8 Å². The number of rotatable bonds is 1. The van der Waals surface area contributed by atoms with Crippen molar-refractivity contribution in [1.29, 1.82) is 0 Å². The Morgan fingerprint density at radius 1 is 1.38 bits per heavy atom. The average molecular weight is 201 g/mol. The number of alkyl halides is 1. The highest BCUT2D eigenvalue weighted by atomic mass is 32.1. The molecular formula is C8H12FN3S. The summed E-state index contributed by atoms with van der Waals surface area (Å²) in [4.78, 5) is 2.11. The highest BCUT2D eigenvalue weighted by molar-refractivity contribution is 7.15. The number of anilines is 1. The van der Waals surface area contributed by atoms with E-state index in [1.54, 1.807) is 11.3 Å². The van der Waals surface area contributed by atoms with Crippen LogP contribution < -0.4 is 4.90 Å². The molecule has 1 aliphatic rings. The molecule has 0 N–H and O–H groups in total. The SMILES string of the molecule is Cc1nnc(N2CCC(F)CC2)s1. The Balaban J connectivity index is 2.02. The molecule has 0 amide bonds. The fourth-order valence-electron chi connectivity index (χ4n) is 1.45. The van der Waals surface area contributed by atoms with Crippen LogP contribution in [-0.4, -0.2) is 29.5 Å². The van der Waals surface area contributed by atoms with Crippen LogP contribution in [0.25, 0.3) is 0 Å².